The SMILES string of the molecule is C=CCc1cc(/C=C2\S[C@@H](Nc3ccc(CC)cc3)NC2=O)cc(OCC)c1OCc1ccccc1Cl. The Morgan fingerprint density at radius 2 is 1.86 bits per heavy atom. The van der Waals surface area contributed by atoms with Crippen LogP contribution in [0, 0.1) is 0 Å². The van der Waals surface area contributed by atoms with Gasteiger partial charge in [0.15, 0.2) is 17.0 Å². The van der Waals surface area contributed by atoms with Gasteiger partial charge in [0.05, 0.1) is 11.5 Å². The van der Waals surface area contributed by atoms with Crippen LogP contribution in [0.5, 0.6) is 11.5 Å². The van der Waals surface area contributed by atoms with Gasteiger partial charge in [0.25, 0.3) is 5.91 Å². The first-order chi connectivity index (χ1) is 18.0. The summed E-state index contributed by atoms with van der Waals surface area (Å²) in [5.41, 5.74) is 4.66. The number of halogens is 1. The molecule has 192 valence electrons. The molecule has 37 heavy (non-hydrogen) atoms. The standard InChI is InChI=1S/C30H31ClN2O3S/c1-4-9-22-16-21(17-26(35-6-3)28(22)36-19-23-10-7-8-11-25(23)31)18-27-29(34)33-30(37-27)32-24-14-12-20(5-2)13-15-24/h4,7-8,10-18,30,32H,1,5-6,9,19H2,2-3H3,(H,33,34)/b27-18-/t30-/m0/s1. The van der Waals surface area contributed by atoms with Gasteiger partial charge in [-0.05, 0) is 67.3 Å². The highest BCUT2D eigenvalue weighted by Crippen LogP contribution is 2.37. The van der Waals surface area contributed by atoms with Crippen molar-refractivity contribution in [3.63, 3.8) is 0 Å². The zero-order valence-electron chi connectivity index (χ0n) is 21.1. The van der Waals surface area contributed by atoms with E-state index >= 15 is 0 Å². The number of allylic oxidation sites excluding steroid dienone is 1. The number of nitrogens with one attached hydrogen (secondary N) is 2. The van der Waals surface area contributed by atoms with Crippen LogP contribution in [0.2, 0.25) is 5.02 Å². The van der Waals surface area contributed by atoms with Gasteiger partial charge in [-0.1, -0.05) is 66.7 Å². The highest BCUT2D eigenvalue weighted by Gasteiger charge is 2.27. The fraction of sp³-hybridized carbons (Fsp3) is 0.233. The molecule has 4 rings (SSSR count). The largest absolute Gasteiger partial charge is 0.490 e. The van der Waals surface area contributed by atoms with Crippen LogP contribution < -0.4 is 20.1 Å². The maximum atomic E-state index is 12.7. The summed E-state index contributed by atoms with van der Waals surface area (Å²) in [6, 6.07) is 19.8. The molecule has 3 aromatic rings. The van der Waals surface area contributed by atoms with E-state index in [0.717, 1.165) is 28.8 Å². The number of benzene rings is 3. The number of thioether (sulfide) groups is 1. The molecule has 0 bridgehead atoms. The van der Waals surface area contributed by atoms with Gasteiger partial charge in [-0.2, -0.15) is 0 Å². The number of carbonyl (C=O) groups excluding carboxylic acids is 1. The Bertz CT molecular complexity index is 1290. The molecule has 1 heterocycles. The zero-order valence-corrected chi connectivity index (χ0v) is 22.6. The van der Waals surface area contributed by atoms with E-state index in [1.165, 1.54) is 17.3 Å². The molecule has 3 aromatic carbocycles. The van der Waals surface area contributed by atoms with Crippen LogP contribution in [0.15, 0.2) is 78.2 Å². The van der Waals surface area contributed by atoms with Crippen LogP contribution >= 0.6 is 23.4 Å². The van der Waals surface area contributed by atoms with E-state index in [1.807, 2.05) is 67.6 Å². The molecule has 5 nitrogen and oxygen atoms in total. The van der Waals surface area contributed by atoms with Gasteiger partial charge in [-0.25, -0.2) is 0 Å². The molecule has 1 fully saturated rings. The van der Waals surface area contributed by atoms with E-state index in [2.05, 4.69) is 36.3 Å². The topological polar surface area (TPSA) is 59.6 Å². The molecule has 2 N–H and O–H groups in total. The van der Waals surface area contributed by atoms with Gasteiger partial charge in [0.2, 0.25) is 0 Å². The highest BCUT2D eigenvalue weighted by atomic mass is 35.5. The lowest BCUT2D eigenvalue weighted by atomic mass is 10.0. The Kier molecular flexibility index (Phi) is 9.20. The normalized spacial score (nSPS) is 15.9. The molecule has 1 aliphatic heterocycles. The Labute approximate surface area is 227 Å². The molecule has 1 atom stereocenters. The second-order valence-electron chi connectivity index (χ2n) is 8.49. The monoisotopic (exact) mass is 534 g/mol. The summed E-state index contributed by atoms with van der Waals surface area (Å²) in [6.45, 7) is 8.75. The number of amides is 1. The summed E-state index contributed by atoms with van der Waals surface area (Å²) in [6.07, 6.45) is 5.29. The molecule has 0 aromatic heterocycles. The lowest BCUT2D eigenvalue weighted by molar-refractivity contribution is -0.116. The van der Waals surface area contributed by atoms with Crippen LogP contribution in [0.25, 0.3) is 6.08 Å². The number of anilines is 1. The van der Waals surface area contributed by atoms with Crippen molar-refractivity contribution in [1.82, 2.24) is 5.32 Å². The molecule has 0 aliphatic carbocycles. The summed E-state index contributed by atoms with van der Waals surface area (Å²) >= 11 is 7.77. The predicted molar refractivity (Wildman–Crippen MR) is 154 cm³/mol. The van der Waals surface area contributed by atoms with Gasteiger partial charge >= 0.3 is 0 Å². The molecular weight excluding hydrogens is 504 g/mol. The van der Waals surface area contributed by atoms with Crippen LogP contribution in [-0.4, -0.2) is 18.0 Å². The quantitative estimate of drug-likeness (QED) is 0.201. The first-order valence-electron chi connectivity index (χ1n) is 12.3. The second kappa shape index (κ2) is 12.7. The van der Waals surface area contributed by atoms with Crippen LogP contribution in [0.3, 0.4) is 0 Å². The Hall–Kier alpha value is -3.35. The van der Waals surface area contributed by atoms with Crippen molar-refractivity contribution in [2.45, 2.75) is 38.8 Å². The van der Waals surface area contributed by atoms with E-state index in [0.29, 0.717) is 41.1 Å². The lowest BCUT2D eigenvalue weighted by Crippen LogP contribution is -2.30. The Morgan fingerprint density at radius 3 is 2.57 bits per heavy atom. The van der Waals surface area contributed by atoms with Gasteiger partial charge in [-0.15, -0.1) is 6.58 Å². The van der Waals surface area contributed by atoms with Gasteiger partial charge in [0, 0.05) is 21.8 Å². The van der Waals surface area contributed by atoms with E-state index in [4.69, 9.17) is 21.1 Å². The van der Waals surface area contributed by atoms with E-state index in [-0.39, 0.29) is 11.4 Å². The van der Waals surface area contributed by atoms with Gasteiger partial charge in [0.1, 0.15) is 6.61 Å². The second-order valence-corrected chi connectivity index (χ2v) is 10.0. The maximum absolute atomic E-state index is 12.7. The molecule has 1 amide bonds. The van der Waals surface area contributed by atoms with Crippen molar-refractivity contribution in [2.24, 2.45) is 0 Å². The number of rotatable bonds is 11. The van der Waals surface area contributed by atoms with Crippen LogP contribution in [0.4, 0.5) is 5.69 Å². The summed E-state index contributed by atoms with van der Waals surface area (Å²) in [4.78, 5) is 13.4. The number of ether oxygens (including phenoxy) is 2. The first kappa shape index (κ1) is 26.7. The number of aryl methyl sites for hydroxylation is 1. The molecule has 1 aliphatic rings. The Morgan fingerprint density at radius 1 is 1.08 bits per heavy atom. The molecule has 1 saturated heterocycles. The summed E-state index contributed by atoms with van der Waals surface area (Å²) in [7, 11) is 0. The minimum Gasteiger partial charge on any atom is -0.490 e. The number of carbonyl (C=O) groups is 1. The fourth-order valence-corrected chi connectivity index (χ4v) is 5.15. The summed E-state index contributed by atoms with van der Waals surface area (Å²) in [5.74, 6) is 1.16. The lowest BCUT2D eigenvalue weighted by Gasteiger charge is -2.17. The first-order valence-corrected chi connectivity index (χ1v) is 13.6. The van der Waals surface area contributed by atoms with E-state index in [1.54, 1.807) is 0 Å². The number of hydrogen-bond acceptors (Lipinski definition) is 5. The zero-order chi connectivity index (χ0) is 26.2. The van der Waals surface area contributed by atoms with Crippen molar-refractivity contribution in [1.29, 1.82) is 0 Å². The smallest absolute Gasteiger partial charge is 0.260 e. The average molecular weight is 535 g/mol. The highest BCUT2D eigenvalue weighted by molar-refractivity contribution is 8.05. The van der Waals surface area contributed by atoms with Gasteiger partial charge < -0.3 is 20.1 Å². The maximum Gasteiger partial charge on any atom is 0.260 e. The Balaban J connectivity index is 1.56. The molecule has 0 spiro atoms. The van der Waals surface area contributed by atoms with Crippen molar-refractivity contribution in [2.75, 3.05) is 11.9 Å². The van der Waals surface area contributed by atoms with Crippen LogP contribution in [0.1, 0.15) is 36.1 Å². The summed E-state index contributed by atoms with van der Waals surface area (Å²) < 4.78 is 12.2. The third-order valence-electron chi connectivity index (χ3n) is 5.84. The summed E-state index contributed by atoms with van der Waals surface area (Å²) in [5, 5.41) is 7.02. The van der Waals surface area contributed by atoms with E-state index in [9.17, 15) is 4.79 Å². The van der Waals surface area contributed by atoms with Crippen molar-refractivity contribution in [3.05, 3.63) is 106 Å². The van der Waals surface area contributed by atoms with Crippen molar-refractivity contribution < 1.29 is 14.3 Å². The predicted octanol–water partition coefficient (Wildman–Crippen LogP) is 7.21. The third-order valence-corrected chi connectivity index (χ3v) is 7.23. The van der Waals surface area contributed by atoms with E-state index < -0.39 is 0 Å². The van der Waals surface area contributed by atoms with Crippen molar-refractivity contribution >= 4 is 41.0 Å². The van der Waals surface area contributed by atoms with Gasteiger partial charge in [-0.3, -0.25) is 4.79 Å². The minimum atomic E-state index is -0.247. The van der Waals surface area contributed by atoms with Crippen molar-refractivity contribution in [3.8, 4) is 11.5 Å². The third kappa shape index (κ3) is 6.90. The molecule has 7 heteroatoms. The molecule has 0 unspecified atom stereocenters. The molecule has 0 radical (unpaired) electrons. The van der Waals surface area contributed by atoms with Crippen LogP contribution in [-0.2, 0) is 24.2 Å². The average Bonchev–Trinajstić information content (AvgIpc) is 3.23. The molecule has 0 saturated carbocycles. The minimum absolute atomic E-state index is 0.116. The molecular formula is C30H31ClN2O3S. The fourth-order valence-electron chi connectivity index (χ4n) is 3.97. The number of hydrogen-bond donors (Lipinski definition) is 2.